The fourth-order valence-electron chi connectivity index (χ4n) is 3.59. The summed E-state index contributed by atoms with van der Waals surface area (Å²) in [5.74, 6) is 0.917. The first-order chi connectivity index (χ1) is 12.2. The van der Waals surface area contributed by atoms with Crippen LogP contribution in [0.15, 0.2) is 53.5 Å². The van der Waals surface area contributed by atoms with Gasteiger partial charge in [-0.15, -0.1) is 0 Å². The van der Waals surface area contributed by atoms with Crippen LogP contribution in [0.1, 0.15) is 25.3 Å². The number of aromatic hydroxyl groups is 1. The number of aromatic nitrogens is 1. The average molecular weight is 333 g/mol. The van der Waals surface area contributed by atoms with Gasteiger partial charge in [-0.3, -0.25) is 4.99 Å². The molecule has 1 fully saturated rings. The lowest BCUT2D eigenvalue weighted by atomic mass is 10.00. The summed E-state index contributed by atoms with van der Waals surface area (Å²) >= 11 is 0. The topological polar surface area (TPSA) is 51.6 Å². The molecule has 0 saturated carbocycles. The van der Waals surface area contributed by atoms with Crippen LogP contribution < -0.4 is 4.90 Å². The molecular formula is C21H23N3O. The average Bonchev–Trinajstić information content (AvgIpc) is 2.95. The van der Waals surface area contributed by atoms with E-state index in [9.17, 15) is 5.11 Å². The predicted octanol–water partition coefficient (Wildman–Crippen LogP) is 4.86. The number of piperidine rings is 1. The van der Waals surface area contributed by atoms with Gasteiger partial charge in [0.1, 0.15) is 0 Å². The minimum Gasteiger partial charge on any atom is -0.494 e. The Morgan fingerprint density at radius 3 is 2.76 bits per heavy atom. The molecule has 3 aromatic rings. The third-order valence-corrected chi connectivity index (χ3v) is 4.94. The fourth-order valence-corrected chi connectivity index (χ4v) is 3.59. The molecule has 4 rings (SSSR count). The number of para-hydroxylation sites is 1. The lowest BCUT2D eigenvalue weighted by Crippen LogP contribution is -2.34. The summed E-state index contributed by atoms with van der Waals surface area (Å²) in [6.07, 6.45) is 4.32. The molecule has 2 aromatic carbocycles. The van der Waals surface area contributed by atoms with Crippen LogP contribution in [0.5, 0.6) is 5.88 Å². The van der Waals surface area contributed by atoms with E-state index in [-0.39, 0.29) is 5.88 Å². The number of nitrogens with one attached hydrogen (secondary N) is 1. The van der Waals surface area contributed by atoms with Crippen LogP contribution in [-0.4, -0.2) is 29.4 Å². The summed E-state index contributed by atoms with van der Waals surface area (Å²) in [6.45, 7) is 4.58. The molecule has 2 heterocycles. The summed E-state index contributed by atoms with van der Waals surface area (Å²) in [7, 11) is 0. The molecule has 0 aliphatic carbocycles. The molecule has 1 atom stereocenters. The monoisotopic (exact) mass is 333 g/mol. The standard InChI is InChI=1S/C21H23N3O/c1-15-5-4-12-24(14-15)17-10-8-16(9-11-17)22-13-19-18-6-2-3-7-20(18)23-21(19)25/h2-3,6-11,13,15,23,25H,4-5,12,14H2,1H3. The minimum atomic E-state index is 0.156. The Kier molecular flexibility index (Phi) is 4.18. The number of hydrogen-bond donors (Lipinski definition) is 2. The van der Waals surface area contributed by atoms with Crippen LogP contribution in [-0.2, 0) is 0 Å². The van der Waals surface area contributed by atoms with Crippen molar-refractivity contribution >= 4 is 28.5 Å². The van der Waals surface area contributed by atoms with Crippen LogP contribution >= 0.6 is 0 Å². The Morgan fingerprint density at radius 2 is 1.96 bits per heavy atom. The van der Waals surface area contributed by atoms with Crippen LogP contribution in [0.25, 0.3) is 10.9 Å². The molecule has 1 aromatic heterocycles. The number of aliphatic imine (C=N–C) groups is 1. The zero-order valence-corrected chi connectivity index (χ0v) is 14.4. The Morgan fingerprint density at radius 1 is 1.16 bits per heavy atom. The third-order valence-electron chi connectivity index (χ3n) is 4.94. The van der Waals surface area contributed by atoms with Crippen molar-refractivity contribution in [2.45, 2.75) is 19.8 Å². The van der Waals surface area contributed by atoms with Gasteiger partial charge in [-0.2, -0.15) is 0 Å². The first-order valence-electron chi connectivity index (χ1n) is 8.89. The van der Waals surface area contributed by atoms with E-state index >= 15 is 0 Å². The van der Waals surface area contributed by atoms with E-state index in [1.165, 1.54) is 18.5 Å². The highest BCUT2D eigenvalue weighted by Gasteiger charge is 2.16. The second-order valence-electron chi connectivity index (χ2n) is 6.90. The largest absolute Gasteiger partial charge is 0.494 e. The van der Waals surface area contributed by atoms with Crippen LogP contribution in [0.3, 0.4) is 0 Å². The maximum Gasteiger partial charge on any atom is 0.198 e. The first-order valence-corrected chi connectivity index (χ1v) is 8.89. The highest BCUT2D eigenvalue weighted by Crippen LogP contribution is 2.27. The number of benzene rings is 2. The van der Waals surface area contributed by atoms with E-state index in [0.717, 1.165) is 41.2 Å². The van der Waals surface area contributed by atoms with Gasteiger partial charge in [0, 0.05) is 35.9 Å². The van der Waals surface area contributed by atoms with E-state index in [1.54, 1.807) is 6.21 Å². The number of aromatic amines is 1. The van der Waals surface area contributed by atoms with Crippen molar-refractivity contribution in [1.29, 1.82) is 0 Å². The van der Waals surface area contributed by atoms with Crippen LogP contribution in [0.4, 0.5) is 11.4 Å². The number of H-pyrrole nitrogens is 1. The van der Waals surface area contributed by atoms with E-state index in [0.29, 0.717) is 0 Å². The second-order valence-corrected chi connectivity index (χ2v) is 6.90. The molecule has 1 aliphatic heterocycles. The molecule has 0 amide bonds. The Hall–Kier alpha value is -2.75. The molecule has 4 heteroatoms. The smallest absolute Gasteiger partial charge is 0.198 e. The summed E-state index contributed by atoms with van der Waals surface area (Å²) in [6, 6.07) is 16.2. The summed E-state index contributed by atoms with van der Waals surface area (Å²) in [5.41, 5.74) is 3.79. The number of hydrogen-bond acceptors (Lipinski definition) is 3. The maximum absolute atomic E-state index is 10.1. The van der Waals surface area contributed by atoms with Crippen molar-refractivity contribution in [1.82, 2.24) is 4.98 Å². The highest BCUT2D eigenvalue weighted by molar-refractivity contribution is 6.02. The molecule has 0 radical (unpaired) electrons. The summed E-state index contributed by atoms with van der Waals surface area (Å²) < 4.78 is 0. The van der Waals surface area contributed by atoms with E-state index < -0.39 is 0 Å². The quantitative estimate of drug-likeness (QED) is 0.673. The van der Waals surface area contributed by atoms with E-state index in [2.05, 4.69) is 33.9 Å². The van der Waals surface area contributed by atoms with Gasteiger partial charge in [0.05, 0.1) is 11.3 Å². The van der Waals surface area contributed by atoms with Crippen molar-refractivity contribution < 1.29 is 5.11 Å². The Labute approximate surface area is 147 Å². The first kappa shape index (κ1) is 15.8. The van der Waals surface area contributed by atoms with Crippen molar-refractivity contribution in [3.63, 3.8) is 0 Å². The normalized spacial score (nSPS) is 18.3. The highest BCUT2D eigenvalue weighted by atomic mass is 16.3. The van der Waals surface area contributed by atoms with Gasteiger partial charge in [-0.05, 0) is 49.1 Å². The van der Waals surface area contributed by atoms with Crippen LogP contribution in [0.2, 0.25) is 0 Å². The third kappa shape index (κ3) is 3.25. The molecule has 128 valence electrons. The molecule has 2 N–H and O–H groups in total. The number of rotatable bonds is 3. The van der Waals surface area contributed by atoms with E-state index in [1.807, 2.05) is 36.4 Å². The lowest BCUT2D eigenvalue weighted by Gasteiger charge is -2.32. The molecular weight excluding hydrogens is 310 g/mol. The Balaban J connectivity index is 1.54. The lowest BCUT2D eigenvalue weighted by molar-refractivity contribution is 0.447. The van der Waals surface area contributed by atoms with Gasteiger partial charge >= 0.3 is 0 Å². The van der Waals surface area contributed by atoms with Gasteiger partial charge in [0.25, 0.3) is 0 Å². The van der Waals surface area contributed by atoms with Gasteiger partial charge in [0.15, 0.2) is 5.88 Å². The zero-order chi connectivity index (χ0) is 17.2. The second kappa shape index (κ2) is 6.63. The molecule has 1 unspecified atom stereocenters. The van der Waals surface area contributed by atoms with Crippen molar-refractivity contribution in [2.75, 3.05) is 18.0 Å². The Bertz CT molecular complexity index is 895. The maximum atomic E-state index is 10.1. The summed E-state index contributed by atoms with van der Waals surface area (Å²) in [4.78, 5) is 9.97. The zero-order valence-electron chi connectivity index (χ0n) is 14.4. The summed E-state index contributed by atoms with van der Waals surface area (Å²) in [5, 5.41) is 11.1. The molecule has 0 spiro atoms. The SMILES string of the molecule is CC1CCCN(c2ccc(N=Cc3c(O)[nH]c4ccccc34)cc2)C1. The minimum absolute atomic E-state index is 0.156. The number of anilines is 1. The molecule has 0 bridgehead atoms. The number of fused-ring (bicyclic) bond motifs is 1. The van der Waals surface area contributed by atoms with Crippen molar-refractivity contribution in [3.8, 4) is 5.88 Å². The van der Waals surface area contributed by atoms with Crippen molar-refractivity contribution in [3.05, 3.63) is 54.1 Å². The molecule has 1 saturated heterocycles. The van der Waals surface area contributed by atoms with Crippen molar-refractivity contribution in [2.24, 2.45) is 10.9 Å². The van der Waals surface area contributed by atoms with Crippen LogP contribution in [0, 0.1) is 5.92 Å². The fraction of sp³-hybridized carbons (Fsp3) is 0.286. The molecule has 4 nitrogen and oxygen atoms in total. The number of nitrogens with zero attached hydrogens (tertiary/aromatic N) is 2. The predicted molar refractivity (Wildman–Crippen MR) is 104 cm³/mol. The van der Waals surface area contributed by atoms with E-state index in [4.69, 9.17) is 0 Å². The van der Waals surface area contributed by atoms with Gasteiger partial charge in [-0.25, -0.2) is 0 Å². The molecule has 1 aliphatic rings. The van der Waals surface area contributed by atoms with Gasteiger partial charge in [0.2, 0.25) is 0 Å². The van der Waals surface area contributed by atoms with Gasteiger partial charge in [-0.1, -0.05) is 25.1 Å². The molecule has 25 heavy (non-hydrogen) atoms. The van der Waals surface area contributed by atoms with Gasteiger partial charge < -0.3 is 15.0 Å².